The molecule has 100 valence electrons. The number of aromatic nitrogens is 1. The van der Waals surface area contributed by atoms with Crippen molar-refractivity contribution in [1.29, 1.82) is 0 Å². The molecule has 1 aliphatic heterocycles. The lowest BCUT2D eigenvalue weighted by Crippen LogP contribution is -2.37. The van der Waals surface area contributed by atoms with E-state index < -0.39 is 10.0 Å². The molecular weight excluding hydrogens is 270 g/mol. The van der Waals surface area contributed by atoms with Crippen molar-refractivity contribution >= 4 is 27.6 Å². The van der Waals surface area contributed by atoms with Gasteiger partial charge in [0, 0.05) is 19.3 Å². The summed E-state index contributed by atoms with van der Waals surface area (Å²) in [6, 6.07) is 3.28. The molecule has 0 unspecified atom stereocenters. The van der Waals surface area contributed by atoms with Crippen LogP contribution in [-0.4, -0.2) is 38.0 Å². The molecule has 0 atom stereocenters. The molecule has 18 heavy (non-hydrogen) atoms. The molecule has 0 aromatic carbocycles. The van der Waals surface area contributed by atoms with Gasteiger partial charge in [0.15, 0.2) is 0 Å². The zero-order valence-corrected chi connectivity index (χ0v) is 11.9. The fraction of sp³-hybridized carbons (Fsp3) is 0.545. The topological polar surface area (TPSA) is 71.1 Å². The minimum atomic E-state index is -3.43. The molecule has 0 saturated carbocycles. The number of pyridine rings is 1. The molecule has 1 fully saturated rings. The van der Waals surface area contributed by atoms with Crippen molar-refractivity contribution in [2.75, 3.05) is 23.9 Å². The number of thioether (sulfide) groups is 1. The molecule has 2 N–H and O–H groups in total. The number of nitrogens with zero attached hydrogens (tertiary/aromatic N) is 1. The van der Waals surface area contributed by atoms with E-state index >= 15 is 0 Å². The quantitative estimate of drug-likeness (QED) is 0.873. The van der Waals surface area contributed by atoms with E-state index in [1.807, 2.05) is 11.8 Å². The van der Waals surface area contributed by atoms with E-state index in [0.717, 1.165) is 24.3 Å². The summed E-state index contributed by atoms with van der Waals surface area (Å²) in [4.78, 5) is 4.24. The predicted molar refractivity (Wildman–Crippen MR) is 74.5 cm³/mol. The Bertz CT molecular complexity index is 482. The van der Waals surface area contributed by atoms with Gasteiger partial charge in [0.1, 0.15) is 10.7 Å². The van der Waals surface area contributed by atoms with Crippen LogP contribution in [0.4, 0.5) is 5.82 Å². The Labute approximate surface area is 112 Å². The van der Waals surface area contributed by atoms with Crippen molar-refractivity contribution in [3.63, 3.8) is 0 Å². The molecule has 0 aliphatic carbocycles. The van der Waals surface area contributed by atoms with Crippen molar-refractivity contribution < 1.29 is 8.42 Å². The largest absolute Gasteiger partial charge is 0.373 e. The number of hydrogen-bond acceptors (Lipinski definition) is 5. The van der Waals surface area contributed by atoms with Gasteiger partial charge in [-0.25, -0.2) is 18.1 Å². The summed E-state index contributed by atoms with van der Waals surface area (Å²) in [6.07, 6.45) is 3.17. The first-order chi connectivity index (χ1) is 8.62. The average Bonchev–Trinajstić information content (AvgIpc) is 2.39. The van der Waals surface area contributed by atoms with Crippen molar-refractivity contribution in [3.05, 3.63) is 18.3 Å². The summed E-state index contributed by atoms with van der Waals surface area (Å²) in [7, 11) is -1.69. The minimum absolute atomic E-state index is 0.0558. The van der Waals surface area contributed by atoms with Crippen LogP contribution in [0, 0.1) is 0 Å². The Morgan fingerprint density at radius 1 is 1.33 bits per heavy atom. The van der Waals surface area contributed by atoms with Crippen LogP contribution < -0.4 is 10.0 Å². The molecule has 1 aliphatic rings. The maximum Gasteiger partial charge on any atom is 0.242 e. The normalized spacial score (nSPS) is 17.6. The predicted octanol–water partition coefficient (Wildman–Crippen LogP) is 1.30. The van der Waals surface area contributed by atoms with Crippen molar-refractivity contribution in [3.8, 4) is 0 Å². The SMILES string of the molecule is CNc1ccc(S(=O)(=O)NC2CCSCC2)cn1. The number of sulfonamides is 1. The Morgan fingerprint density at radius 3 is 2.61 bits per heavy atom. The molecule has 0 radical (unpaired) electrons. The van der Waals surface area contributed by atoms with Gasteiger partial charge in [0.05, 0.1) is 0 Å². The second-order valence-electron chi connectivity index (χ2n) is 4.14. The first kappa shape index (κ1) is 13.6. The maximum absolute atomic E-state index is 12.1. The van der Waals surface area contributed by atoms with Gasteiger partial charge >= 0.3 is 0 Å². The molecule has 1 saturated heterocycles. The maximum atomic E-state index is 12.1. The highest BCUT2D eigenvalue weighted by molar-refractivity contribution is 7.99. The van der Waals surface area contributed by atoms with Gasteiger partial charge in [-0.1, -0.05) is 0 Å². The van der Waals surface area contributed by atoms with Crippen molar-refractivity contribution in [2.45, 2.75) is 23.8 Å². The second-order valence-corrected chi connectivity index (χ2v) is 7.08. The first-order valence-corrected chi connectivity index (χ1v) is 8.49. The van der Waals surface area contributed by atoms with Crippen molar-refractivity contribution in [2.24, 2.45) is 0 Å². The average molecular weight is 287 g/mol. The zero-order valence-electron chi connectivity index (χ0n) is 10.2. The lowest BCUT2D eigenvalue weighted by molar-refractivity contribution is 0.528. The number of anilines is 1. The summed E-state index contributed by atoms with van der Waals surface area (Å²) in [5.74, 6) is 2.69. The van der Waals surface area contributed by atoms with Crippen LogP contribution in [0.2, 0.25) is 0 Å². The van der Waals surface area contributed by atoms with Crippen molar-refractivity contribution in [1.82, 2.24) is 9.71 Å². The third-order valence-electron chi connectivity index (χ3n) is 2.85. The van der Waals surface area contributed by atoms with Gasteiger partial charge in [-0.05, 0) is 36.5 Å². The van der Waals surface area contributed by atoms with Gasteiger partial charge < -0.3 is 5.32 Å². The monoisotopic (exact) mass is 287 g/mol. The van der Waals surface area contributed by atoms with E-state index in [2.05, 4.69) is 15.0 Å². The highest BCUT2D eigenvalue weighted by Gasteiger charge is 2.22. The van der Waals surface area contributed by atoms with Gasteiger partial charge in [-0.3, -0.25) is 0 Å². The zero-order chi connectivity index (χ0) is 13.0. The Balaban J connectivity index is 2.08. The van der Waals surface area contributed by atoms with Crippen LogP contribution in [0.3, 0.4) is 0 Å². The van der Waals surface area contributed by atoms with Crippen LogP contribution in [-0.2, 0) is 10.0 Å². The van der Waals surface area contributed by atoms with Crippen LogP contribution in [0.25, 0.3) is 0 Å². The van der Waals surface area contributed by atoms with Gasteiger partial charge in [0.2, 0.25) is 10.0 Å². The molecule has 2 heterocycles. The molecule has 7 heteroatoms. The van der Waals surface area contributed by atoms with E-state index in [1.54, 1.807) is 19.2 Å². The first-order valence-electron chi connectivity index (χ1n) is 5.86. The van der Waals surface area contributed by atoms with Crippen LogP contribution in [0.5, 0.6) is 0 Å². The van der Waals surface area contributed by atoms with Crippen LogP contribution >= 0.6 is 11.8 Å². The van der Waals surface area contributed by atoms with E-state index in [1.165, 1.54) is 6.20 Å². The molecule has 1 aromatic heterocycles. The molecular formula is C11H17N3O2S2. The molecule has 5 nitrogen and oxygen atoms in total. The van der Waals surface area contributed by atoms with Gasteiger partial charge in [-0.2, -0.15) is 11.8 Å². The third kappa shape index (κ3) is 3.37. The lowest BCUT2D eigenvalue weighted by Gasteiger charge is -2.22. The standard InChI is InChI=1S/C11H17N3O2S2/c1-12-11-3-2-10(8-13-11)18(15,16)14-9-4-6-17-7-5-9/h2-3,8-9,14H,4-7H2,1H3,(H,12,13). The van der Waals surface area contributed by atoms with Crippen LogP contribution in [0.15, 0.2) is 23.2 Å². The Hall–Kier alpha value is -0.790. The molecule has 0 spiro atoms. The summed E-state index contributed by atoms with van der Waals surface area (Å²) >= 11 is 1.87. The Kier molecular flexibility index (Phi) is 4.47. The third-order valence-corrected chi connectivity index (χ3v) is 5.40. The van der Waals surface area contributed by atoms with Crippen LogP contribution in [0.1, 0.15) is 12.8 Å². The molecule has 2 rings (SSSR count). The highest BCUT2D eigenvalue weighted by atomic mass is 32.2. The number of hydrogen-bond donors (Lipinski definition) is 2. The summed E-state index contributed by atoms with van der Waals surface area (Å²) in [5.41, 5.74) is 0. The molecule has 0 amide bonds. The highest BCUT2D eigenvalue weighted by Crippen LogP contribution is 2.19. The number of nitrogens with one attached hydrogen (secondary N) is 2. The molecule has 0 bridgehead atoms. The molecule has 1 aromatic rings. The van der Waals surface area contributed by atoms with Gasteiger partial charge in [-0.15, -0.1) is 0 Å². The Morgan fingerprint density at radius 2 is 2.06 bits per heavy atom. The van der Waals surface area contributed by atoms with E-state index in [9.17, 15) is 8.42 Å². The smallest absolute Gasteiger partial charge is 0.242 e. The lowest BCUT2D eigenvalue weighted by atomic mass is 10.2. The van der Waals surface area contributed by atoms with E-state index in [0.29, 0.717) is 5.82 Å². The van der Waals surface area contributed by atoms with E-state index in [4.69, 9.17) is 0 Å². The fourth-order valence-electron chi connectivity index (χ4n) is 1.79. The summed E-state index contributed by atoms with van der Waals surface area (Å²) < 4.78 is 27.0. The minimum Gasteiger partial charge on any atom is -0.373 e. The summed E-state index contributed by atoms with van der Waals surface area (Å²) in [5, 5.41) is 2.86. The fourth-order valence-corrected chi connectivity index (χ4v) is 4.15. The van der Waals surface area contributed by atoms with E-state index in [-0.39, 0.29) is 10.9 Å². The van der Waals surface area contributed by atoms with Gasteiger partial charge in [0.25, 0.3) is 0 Å². The second kappa shape index (κ2) is 5.90. The summed E-state index contributed by atoms with van der Waals surface area (Å²) in [6.45, 7) is 0. The number of rotatable bonds is 4.